The summed E-state index contributed by atoms with van der Waals surface area (Å²) < 4.78 is 5.26. The smallest absolute Gasteiger partial charge is 0.338 e. The van der Waals surface area contributed by atoms with Crippen molar-refractivity contribution >= 4 is 28.3 Å². The molecule has 1 N–H and O–H groups in total. The Kier molecular flexibility index (Phi) is 4.95. The van der Waals surface area contributed by atoms with Crippen LogP contribution < -0.4 is 5.32 Å². The number of hydrogen-bond acceptors (Lipinski definition) is 4. The maximum atomic E-state index is 12.3. The molecule has 5 heteroatoms. The average Bonchev–Trinajstić information content (AvgIpc) is 2.67. The lowest BCUT2D eigenvalue weighted by atomic mass is 10.1. The molecule has 3 rings (SSSR count). The highest BCUT2D eigenvalue weighted by Crippen LogP contribution is 2.17. The van der Waals surface area contributed by atoms with Crippen LogP contribution in [0.4, 0.5) is 5.69 Å². The van der Waals surface area contributed by atoms with E-state index in [4.69, 9.17) is 10.00 Å². The number of nitrogens with zero attached hydrogens (tertiary/aromatic N) is 1. The number of carbonyl (C=O) groups is 2. The molecule has 0 aliphatic carbocycles. The molecule has 0 radical (unpaired) electrons. The molecule has 0 bridgehead atoms. The van der Waals surface area contributed by atoms with Crippen LogP contribution in [0, 0.1) is 11.3 Å². The zero-order valence-electron chi connectivity index (χ0n) is 14.1. The quantitative estimate of drug-likeness (QED) is 0.728. The van der Waals surface area contributed by atoms with Crippen molar-refractivity contribution in [2.75, 3.05) is 5.32 Å². The first-order valence-corrected chi connectivity index (χ1v) is 8.07. The molecule has 0 saturated heterocycles. The van der Waals surface area contributed by atoms with Crippen LogP contribution in [-0.4, -0.2) is 18.0 Å². The lowest BCUT2D eigenvalue weighted by molar-refractivity contribution is -0.123. The summed E-state index contributed by atoms with van der Waals surface area (Å²) in [5.41, 5.74) is 1.29. The molecule has 128 valence electrons. The number of nitrogens with one attached hydrogen (secondary N) is 1. The van der Waals surface area contributed by atoms with E-state index in [1.54, 1.807) is 36.4 Å². The van der Waals surface area contributed by atoms with Gasteiger partial charge in [-0.05, 0) is 48.0 Å². The summed E-state index contributed by atoms with van der Waals surface area (Å²) in [7, 11) is 0. The third kappa shape index (κ3) is 3.87. The van der Waals surface area contributed by atoms with Crippen LogP contribution >= 0.6 is 0 Å². The van der Waals surface area contributed by atoms with Crippen molar-refractivity contribution < 1.29 is 14.3 Å². The highest BCUT2D eigenvalue weighted by atomic mass is 16.5. The van der Waals surface area contributed by atoms with Crippen molar-refractivity contribution in [3.05, 3.63) is 77.9 Å². The molecule has 26 heavy (non-hydrogen) atoms. The van der Waals surface area contributed by atoms with E-state index in [-0.39, 0.29) is 0 Å². The highest BCUT2D eigenvalue weighted by molar-refractivity contribution is 5.99. The monoisotopic (exact) mass is 344 g/mol. The number of carbonyl (C=O) groups excluding carboxylic acids is 2. The summed E-state index contributed by atoms with van der Waals surface area (Å²) in [5.74, 6) is -1.03. The van der Waals surface area contributed by atoms with Gasteiger partial charge in [0.05, 0.1) is 17.2 Å². The lowest BCUT2D eigenvalue weighted by Gasteiger charge is -2.14. The van der Waals surface area contributed by atoms with Gasteiger partial charge in [-0.3, -0.25) is 4.79 Å². The van der Waals surface area contributed by atoms with Gasteiger partial charge < -0.3 is 10.1 Å². The maximum absolute atomic E-state index is 12.3. The summed E-state index contributed by atoms with van der Waals surface area (Å²) >= 11 is 0. The second-order valence-corrected chi connectivity index (χ2v) is 5.79. The van der Waals surface area contributed by atoms with Crippen molar-refractivity contribution in [3.8, 4) is 6.07 Å². The van der Waals surface area contributed by atoms with E-state index in [1.807, 2.05) is 36.4 Å². The summed E-state index contributed by atoms with van der Waals surface area (Å²) in [5, 5.41) is 13.5. The van der Waals surface area contributed by atoms with Crippen LogP contribution in [0.5, 0.6) is 0 Å². The predicted octanol–water partition coefficient (Wildman–Crippen LogP) is 3.90. The Bertz CT molecular complexity index is 1020. The van der Waals surface area contributed by atoms with Crippen LogP contribution in [0.3, 0.4) is 0 Å². The molecule has 0 fully saturated rings. The van der Waals surface area contributed by atoms with E-state index in [9.17, 15) is 9.59 Å². The van der Waals surface area contributed by atoms with Crippen molar-refractivity contribution in [3.63, 3.8) is 0 Å². The van der Waals surface area contributed by atoms with Crippen molar-refractivity contribution in [2.24, 2.45) is 0 Å². The molecule has 0 spiro atoms. The summed E-state index contributed by atoms with van der Waals surface area (Å²) in [6.45, 7) is 1.50. The zero-order chi connectivity index (χ0) is 18.5. The summed E-state index contributed by atoms with van der Waals surface area (Å²) in [6.07, 6.45) is -0.972. The first-order chi connectivity index (χ1) is 12.6. The number of ether oxygens (including phenoxy) is 1. The largest absolute Gasteiger partial charge is 0.449 e. The topological polar surface area (TPSA) is 79.2 Å². The van der Waals surface area contributed by atoms with Gasteiger partial charge >= 0.3 is 5.97 Å². The van der Waals surface area contributed by atoms with Crippen molar-refractivity contribution in [2.45, 2.75) is 13.0 Å². The first kappa shape index (κ1) is 17.2. The molecular formula is C21H16N2O3. The Balaban J connectivity index is 1.67. The van der Waals surface area contributed by atoms with Gasteiger partial charge in [-0.1, -0.05) is 36.4 Å². The minimum Gasteiger partial charge on any atom is -0.449 e. The van der Waals surface area contributed by atoms with Gasteiger partial charge in [0, 0.05) is 5.69 Å². The standard InChI is InChI=1S/C21H16N2O3/c1-14(20(24)23-19-8-4-5-15(11-19)13-22)26-21(25)18-10-9-16-6-2-3-7-17(16)12-18/h2-12,14H,1H3,(H,23,24)/t14-/m0/s1. The Hall–Kier alpha value is -3.65. The van der Waals surface area contributed by atoms with Crippen molar-refractivity contribution in [1.82, 2.24) is 0 Å². The number of hydrogen-bond donors (Lipinski definition) is 1. The van der Waals surface area contributed by atoms with Crippen LogP contribution in [0.1, 0.15) is 22.8 Å². The Morgan fingerprint density at radius 3 is 2.54 bits per heavy atom. The van der Waals surface area contributed by atoms with E-state index in [1.165, 1.54) is 6.92 Å². The zero-order valence-corrected chi connectivity index (χ0v) is 14.1. The number of rotatable bonds is 4. The van der Waals surface area contributed by atoms with Gasteiger partial charge in [0.2, 0.25) is 0 Å². The van der Waals surface area contributed by atoms with E-state index in [2.05, 4.69) is 5.32 Å². The number of anilines is 1. The number of benzene rings is 3. The maximum Gasteiger partial charge on any atom is 0.338 e. The molecule has 1 atom stereocenters. The number of fused-ring (bicyclic) bond motifs is 1. The van der Waals surface area contributed by atoms with Crippen LogP contribution in [0.25, 0.3) is 10.8 Å². The predicted molar refractivity (Wildman–Crippen MR) is 98.6 cm³/mol. The fourth-order valence-corrected chi connectivity index (χ4v) is 2.51. The third-order valence-corrected chi connectivity index (χ3v) is 3.90. The molecule has 1 amide bonds. The number of amides is 1. The molecule has 0 aromatic heterocycles. The number of esters is 1. The highest BCUT2D eigenvalue weighted by Gasteiger charge is 2.19. The van der Waals surface area contributed by atoms with Gasteiger partial charge in [0.25, 0.3) is 5.91 Å². The van der Waals surface area contributed by atoms with E-state index in [0.717, 1.165) is 10.8 Å². The Morgan fingerprint density at radius 2 is 1.77 bits per heavy atom. The van der Waals surface area contributed by atoms with E-state index in [0.29, 0.717) is 16.8 Å². The SMILES string of the molecule is C[C@H](OC(=O)c1ccc2ccccc2c1)C(=O)Nc1cccc(C#N)c1. The fraction of sp³-hybridized carbons (Fsp3) is 0.0952. The molecule has 0 unspecified atom stereocenters. The van der Waals surface area contributed by atoms with Crippen LogP contribution in [-0.2, 0) is 9.53 Å². The number of nitriles is 1. The minimum absolute atomic E-state index is 0.384. The Morgan fingerprint density at radius 1 is 1.00 bits per heavy atom. The average molecular weight is 344 g/mol. The van der Waals surface area contributed by atoms with Gasteiger partial charge in [0.1, 0.15) is 0 Å². The first-order valence-electron chi connectivity index (χ1n) is 8.07. The Labute approximate surface area is 150 Å². The molecule has 0 aliphatic heterocycles. The molecular weight excluding hydrogens is 328 g/mol. The van der Waals surface area contributed by atoms with Gasteiger partial charge in [-0.25, -0.2) is 4.79 Å². The normalized spacial score (nSPS) is 11.4. The molecule has 3 aromatic rings. The second-order valence-electron chi connectivity index (χ2n) is 5.79. The fourth-order valence-electron chi connectivity index (χ4n) is 2.51. The minimum atomic E-state index is -0.972. The molecule has 0 aliphatic rings. The van der Waals surface area contributed by atoms with Crippen molar-refractivity contribution in [1.29, 1.82) is 5.26 Å². The van der Waals surface area contributed by atoms with Crippen LogP contribution in [0.15, 0.2) is 66.7 Å². The third-order valence-electron chi connectivity index (χ3n) is 3.90. The molecule has 5 nitrogen and oxygen atoms in total. The molecule has 0 heterocycles. The van der Waals surface area contributed by atoms with Gasteiger partial charge in [0.15, 0.2) is 6.10 Å². The van der Waals surface area contributed by atoms with E-state index >= 15 is 0 Å². The van der Waals surface area contributed by atoms with Gasteiger partial charge in [-0.15, -0.1) is 0 Å². The molecule has 0 saturated carbocycles. The lowest BCUT2D eigenvalue weighted by Crippen LogP contribution is -2.30. The van der Waals surface area contributed by atoms with Crippen LogP contribution in [0.2, 0.25) is 0 Å². The summed E-state index contributed by atoms with van der Waals surface area (Å²) in [6, 6.07) is 21.4. The van der Waals surface area contributed by atoms with Gasteiger partial charge in [-0.2, -0.15) is 5.26 Å². The summed E-state index contributed by atoms with van der Waals surface area (Å²) in [4.78, 5) is 24.5. The molecule has 3 aromatic carbocycles. The van der Waals surface area contributed by atoms with E-state index < -0.39 is 18.0 Å². The second kappa shape index (κ2) is 7.49.